The average Bonchev–Trinajstić information content (AvgIpc) is 2.98. The van der Waals surface area contributed by atoms with Crippen LogP contribution >= 0.6 is 11.6 Å². The minimum atomic E-state index is -0.479. The number of hydrogen-bond acceptors (Lipinski definition) is 4. The number of hydrogen-bond donors (Lipinski definition) is 1. The molecule has 1 amide bonds. The summed E-state index contributed by atoms with van der Waals surface area (Å²) in [5.41, 5.74) is 4.11. The zero-order chi connectivity index (χ0) is 23.5. The van der Waals surface area contributed by atoms with Crippen molar-refractivity contribution >= 4 is 34.1 Å². The lowest BCUT2D eigenvalue weighted by Crippen LogP contribution is -2.31. The SMILES string of the molecule is CC(C)NC(=O)Cc1cc2cc(N3CCCN(C)CC3)ccc2nc1-c1ccc(F)c(Cl)c1. The largest absolute Gasteiger partial charge is 0.370 e. The molecule has 1 aromatic heterocycles. The lowest BCUT2D eigenvalue weighted by Gasteiger charge is -2.23. The molecular formula is C26H30ClFN4O. The fourth-order valence-electron chi connectivity index (χ4n) is 4.28. The summed E-state index contributed by atoms with van der Waals surface area (Å²) in [4.78, 5) is 22.2. The summed E-state index contributed by atoms with van der Waals surface area (Å²) in [6.07, 6.45) is 1.31. The summed E-state index contributed by atoms with van der Waals surface area (Å²) in [6.45, 7) is 7.99. The Kier molecular flexibility index (Phi) is 7.15. The van der Waals surface area contributed by atoms with E-state index in [4.69, 9.17) is 16.6 Å². The van der Waals surface area contributed by atoms with Gasteiger partial charge in [-0.15, -0.1) is 0 Å². The van der Waals surface area contributed by atoms with Crippen LogP contribution in [0.4, 0.5) is 10.1 Å². The maximum absolute atomic E-state index is 13.8. The molecule has 0 unspecified atom stereocenters. The second-order valence-electron chi connectivity index (χ2n) is 9.04. The first-order chi connectivity index (χ1) is 15.8. The Morgan fingerprint density at radius 1 is 1.12 bits per heavy atom. The van der Waals surface area contributed by atoms with Gasteiger partial charge < -0.3 is 15.1 Å². The number of carbonyl (C=O) groups is 1. The highest BCUT2D eigenvalue weighted by Crippen LogP contribution is 2.31. The summed E-state index contributed by atoms with van der Waals surface area (Å²) in [5, 5.41) is 3.96. The molecule has 1 saturated heterocycles. The van der Waals surface area contributed by atoms with Crippen LogP contribution < -0.4 is 10.2 Å². The zero-order valence-electron chi connectivity index (χ0n) is 19.4. The molecule has 2 heterocycles. The van der Waals surface area contributed by atoms with Crippen molar-refractivity contribution in [3.63, 3.8) is 0 Å². The van der Waals surface area contributed by atoms with Crippen molar-refractivity contribution in [1.82, 2.24) is 15.2 Å². The van der Waals surface area contributed by atoms with E-state index in [1.165, 1.54) is 6.07 Å². The van der Waals surface area contributed by atoms with E-state index in [1.54, 1.807) is 12.1 Å². The number of pyridine rings is 1. The molecule has 3 aromatic rings. The summed E-state index contributed by atoms with van der Waals surface area (Å²) in [5.74, 6) is -0.555. The van der Waals surface area contributed by atoms with Crippen LogP contribution in [-0.2, 0) is 11.2 Å². The van der Waals surface area contributed by atoms with Gasteiger partial charge in [0.1, 0.15) is 5.82 Å². The molecule has 0 spiro atoms. The van der Waals surface area contributed by atoms with Gasteiger partial charge in [0.25, 0.3) is 0 Å². The lowest BCUT2D eigenvalue weighted by molar-refractivity contribution is -0.120. The first-order valence-electron chi connectivity index (χ1n) is 11.4. The second-order valence-corrected chi connectivity index (χ2v) is 9.45. The second kappa shape index (κ2) is 10.1. The normalized spacial score (nSPS) is 15.2. The topological polar surface area (TPSA) is 48.5 Å². The van der Waals surface area contributed by atoms with Gasteiger partial charge in [-0.25, -0.2) is 9.37 Å². The van der Waals surface area contributed by atoms with Crippen LogP contribution in [-0.4, -0.2) is 55.1 Å². The van der Waals surface area contributed by atoms with E-state index in [-0.39, 0.29) is 23.4 Å². The number of fused-ring (bicyclic) bond motifs is 1. The van der Waals surface area contributed by atoms with Gasteiger partial charge in [-0.3, -0.25) is 4.79 Å². The van der Waals surface area contributed by atoms with Gasteiger partial charge in [0.15, 0.2) is 0 Å². The van der Waals surface area contributed by atoms with Gasteiger partial charge in [0, 0.05) is 42.3 Å². The summed E-state index contributed by atoms with van der Waals surface area (Å²) in [6, 6.07) is 12.9. The molecule has 0 saturated carbocycles. The number of anilines is 1. The molecule has 0 radical (unpaired) electrons. The summed E-state index contributed by atoms with van der Waals surface area (Å²) >= 11 is 6.05. The zero-order valence-corrected chi connectivity index (χ0v) is 20.1. The molecule has 7 heteroatoms. The molecule has 0 aliphatic carbocycles. The van der Waals surface area contributed by atoms with Gasteiger partial charge in [-0.1, -0.05) is 11.6 Å². The van der Waals surface area contributed by atoms with Gasteiger partial charge in [-0.2, -0.15) is 0 Å². The number of aromatic nitrogens is 1. The number of amides is 1. The quantitative estimate of drug-likeness (QED) is 0.578. The third-order valence-electron chi connectivity index (χ3n) is 5.96. The Bertz CT molecular complexity index is 1170. The van der Waals surface area contributed by atoms with Crippen LogP contribution in [0.15, 0.2) is 42.5 Å². The number of likely N-dealkylation sites (N-methyl/N-ethyl adjacent to an activating group) is 1. The molecule has 1 N–H and O–H groups in total. The molecule has 5 nitrogen and oxygen atoms in total. The van der Waals surface area contributed by atoms with Crippen molar-refractivity contribution in [3.05, 3.63) is 58.9 Å². The van der Waals surface area contributed by atoms with Crippen LogP contribution in [0.2, 0.25) is 5.02 Å². The Labute approximate surface area is 199 Å². The van der Waals surface area contributed by atoms with Crippen molar-refractivity contribution in [3.8, 4) is 11.3 Å². The standard InChI is InChI=1S/C26H30ClFN4O/c1-17(2)29-25(33)16-20-13-19-14-21(32-10-4-9-31(3)11-12-32)6-8-24(19)30-26(20)18-5-7-23(28)22(27)15-18/h5-8,13-15,17H,4,9-12,16H2,1-3H3,(H,29,33). The van der Waals surface area contributed by atoms with E-state index < -0.39 is 5.82 Å². The van der Waals surface area contributed by atoms with Crippen molar-refractivity contribution < 1.29 is 9.18 Å². The first-order valence-corrected chi connectivity index (χ1v) is 11.8. The Hall–Kier alpha value is -2.70. The Morgan fingerprint density at radius 2 is 1.94 bits per heavy atom. The maximum atomic E-state index is 13.8. The Balaban J connectivity index is 1.76. The Morgan fingerprint density at radius 3 is 2.70 bits per heavy atom. The molecule has 33 heavy (non-hydrogen) atoms. The van der Waals surface area contributed by atoms with E-state index in [1.807, 2.05) is 26.0 Å². The molecule has 2 aromatic carbocycles. The lowest BCUT2D eigenvalue weighted by atomic mass is 10.00. The van der Waals surface area contributed by atoms with Gasteiger partial charge in [0.05, 0.1) is 22.7 Å². The molecular weight excluding hydrogens is 439 g/mol. The smallest absolute Gasteiger partial charge is 0.224 e. The monoisotopic (exact) mass is 468 g/mol. The van der Waals surface area contributed by atoms with Crippen molar-refractivity contribution in [2.75, 3.05) is 38.1 Å². The molecule has 174 valence electrons. The van der Waals surface area contributed by atoms with Crippen molar-refractivity contribution in [2.24, 2.45) is 0 Å². The third-order valence-corrected chi connectivity index (χ3v) is 6.25. The minimum absolute atomic E-state index is 0.0356. The minimum Gasteiger partial charge on any atom is -0.370 e. The first kappa shape index (κ1) is 23.5. The summed E-state index contributed by atoms with van der Waals surface area (Å²) < 4.78 is 13.8. The highest BCUT2D eigenvalue weighted by atomic mass is 35.5. The molecule has 1 aliphatic heterocycles. The van der Waals surface area contributed by atoms with E-state index in [9.17, 15) is 9.18 Å². The van der Waals surface area contributed by atoms with Gasteiger partial charge in [0.2, 0.25) is 5.91 Å². The third kappa shape index (κ3) is 5.63. The van der Waals surface area contributed by atoms with Crippen LogP contribution in [0.5, 0.6) is 0 Å². The van der Waals surface area contributed by atoms with E-state index in [2.05, 4.69) is 34.3 Å². The van der Waals surface area contributed by atoms with E-state index in [0.717, 1.165) is 54.8 Å². The fraction of sp³-hybridized carbons (Fsp3) is 0.385. The number of carbonyl (C=O) groups excluding carboxylic acids is 1. The molecule has 1 aliphatic rings. The summed E-state index contributed by atoms with van der Waals surface area (Å²) in [7, 11) is 2.16. The maximum Gasteiger partial charge on any atom is 0.224 e. The van der Waals surface area contributed by atoms with Crippen LogP contribution in [0.25, 0.3) is 22.2 Å². The number of nitrogens with zero attached hydrogens (tertiary/aromatic N) is 3. The predicted octanol–water partition coefficient (Wildman–Crippen LogP) is 4.90. The van der Waals surface area contributed by atoms with Crippen molar-refractivity contribution in [1.29, 1.82) is 0 Å². The highest BCUT2D eigenvalue weighted by molar-refractivity contribution is 6.31. The molecule has 0 bridgehead atoms. The van der Waals surface area contributed by atoms with Crippen molar-refractivity contribution in [2.45, 2.75) is 32.7 Å². The van der Waals surface area contributed by atoms with Crippen LogP contribution in [0, 0.1) is 5.82 Å². The molecule has 1 fully saturated rings. The molecule has 0 atom stereocenters. The van der Waals surface area contributed by atoms with E-state index in [0.29, 0.717) is 11.3 Å². The van der Waals surface area contributed by atoms with Gasteiger partial charge in [-0.05, 0) is 81.9 Å². The van der Waals surface area contributed by atoms with E-state index >= 15 is 0 Å². The number of rotatable bonds is 5. The van der Waals surface area contributed by atoms with Crippen LogP contribution in [0.1, 0.15) is 25.8 Å². The average molecular weight is 469 g/mol. The molecule has 4 rings (SSSR count). The number of halogens is 2. The van der Waals surface area contributed by atoms with Crippen LogP contribution in [0.3, 0.4) is 0 Å². The highest BCUT2D eigenvalue weighted by Gasteiger charge is 2.17. The van der Waals surface area contributed by atoms with Gasteiger partial charge >= 0.3 is 0 Å². The number of nitrogens with one attached hydrogen (secondary N) is 1. The predicted molar refractivity (Wildman–Crippen MR) is 133 cm³/mol. The fourth-order valence-corrected chi connectivity index (χ4v) is 4.46. The number of benzene rings is 2.